The minimum atomic E-state index is -0.0523. The summed E-state index contributed by atoms with van der Waals surface area (Å²) in [5, 5.41) is 4.61. The van der Waals surface area contributed by atoms with Crippen molar-refractivity contribution in [2.75, 3.05) is 19.7 Å². The van der Waals surface area contributed by atoms with Gasteiger partial charge in [-0.05, 0) is 56.8 Å². The van der Waals surface area contributed by atoms with E-state index in [0.717, 1.165) is 56.8 Å². The molecule has 2 aliphatic heterocycles. The molecule has 0 saturated carbocycles. The van der Waals surface area contributed by atoms with Gasteiger partial charge in [-0.25, -0.2) is 0 Å². The maximum Gasteiger partial charge on any atom is 0.148 e. The fourth-order valence-electron chi connectivity index (χ4n) is 3.75. The number of pyridine rings is 1. The lowest BCUT2D eigenvalue weighted by molar-refractivity contribution is 0.0227. The molecule has 0 bridgehead atoms. The number of nitrogens with two attached hydrogens (primary N) is 1. The van der Waals surface area contributed by atoms with Crippen LogP contribution in [0.1, 0.15) is 31.4 Å². The molecule has 138 valence electrons. The van der Waals surface area contributed by atoms with Crippen LogP contribution in [0.5, 0.6) is 0 Å². The van der Waals surface area contributed by atoms with Gasteiger partial charge in [-0.3, -0.25) is 9.98 Å². The molecule has 3 N–H and O–H groups in total. The molecule has 2 aromatic rings. The summed E-state index contributed by atoms with van der Waals surface area (Å²) in [5.41, 5.74) is 8.68. The van der Waals surface area contributed by atoms with Gasteiger partial charge in [-0.2, -0.15) is 0 Å². The molecule has 0 radical (unpaired) electrons. The van der Waals surface area contributed by atoms with E-state index in [1.165, 1.54) is 17.3 Å². The number of ether oxygens (including phenoxy) is 1. The van der Waals surface area contributed by atoms with Crippen molar-refractivity contribution in [3.8, 4) is 0 Å². The highest BCUT2D eigenvalue weighted by molar-refractivity contribution is 6.09. The van der Waals surface area contributed by atoms with Gasteiger partial charge < -0.3 is 20.4 Å². The Kier molecular flexibility index (Phi) is 5.32. The van der Waals surface area contributed by atoms with Crippen molar-refractivity contribution in [2.45, 2.75) is 38.5 Å². The van der Waals surface area contributed by atoms with E-state index in [2.05, 4.69) is 38.2 Å². The first-order valence-corrected chi connectivity index (χ1v) is 9.56. The third-order valence-electron chi connectivity index (χ3n) is 5.29. The predicted molar refractivity (Wildman–Crippen MR) is 105 cm³/mol. The molecule has 2 aromatic heterocycles. The molecule has 2 aliphatic rings. The van der Waals surface area contributed by atoms with Gasteiger partial charge >= 0.3 is 0 Å². The molecule has 2 atom stereocenters. The fourth-order valence-corrected chi connectivity index (χ4v) is 3.75. The van der Waals surface area contributed by atoms with Gasteiger partial charge in [0.1, 0.15) is 6.23 Å². The van der Waals surface area contributed by atoms with Gasteiger partial charge in [0.05, 0.1) is 17.4 Å². The minimum absolute atomic E-state index is 0.0523. The van der Waals surface area contributed by atoms with Crippen molar-refractivity contribution in [1.82, 2.24) is 14.9 Å². The van der Waals surface area contributed by atoms with Gasteiger partial charge in [0.15, 0.2) is 0 Å². The quantitative estimate of drug-likeness (QED) is 0.810. The molecule has 0 spiro atoms. The van der Waals surface area contributed by atoms with Crippen molar-refractivity contribution in [3.63, 3.8) is 0 Å². The topological polar surface area (TPSA) is 77.5 Å². The van der Waals surface area contributed by atoms with E-state index >= 15 is 0 Å². The summed E-state index contributed by atoms with van der Waals surface area (Å²) in [6.45, 7) is 4.06. The van der Waals surface area contributed by atoms with Crippen LogP contribution in [0.4, 0.5) is 0 Å². The summed E-state index contributed by atoms with van der Waals surface area (Å²) >= 11 is 0. The normalized spacial score (nSPS) is 24.7. The molecular weight excluding hydrogens is 326 g/mol. The Bertz CT molecular complexity index is 798. The molecule has 0 aromatic carbocycles. The lowest BCUT2D eigenvalue weighted by Crippen LogP contribution is -2.16. The van der Waals surface area contributed by atoms with Gasteiger partial charge in [0.2, 0.25) is 0 Å². The molecule has 6 heteroatoms. The molecule has 2 unspecified atom stereocenters. The number of aliphatic imine (C=N–C) groups is 1. The number of aromatic nitrogens is 2. The van der Waals surface area contributed by atoms with Crippen LogP contribution < -0.4 is 11.1 Å². The minimum Gasteiger partial charge on any atom is -0.404 e. The Morgan fingerprint density at radius 1 is 1.42 bits per heavy atom. The Balaban J connectivity index is 1.51. The Morgan fingerprint density at radius 2 is 2.38 bits per heavy atom. The molecule has 2 fully saturated rings. The molecule has 0 aliphatic carbocycles. The van der Waals surface area contributed by atoms with Crippen LogP contribution in [0.3, 0.4) is 0 Å². The highest BCUT2D eigenvalue weighted by atomic mass is 16.5. The van der Waals surface area contributed by atoms with Crippen molar-refractivity contribution in [1.29, 1.82) is 0 Å². The first-order chi connectivity index (χ1) is 12.8. The fraction of sp³-hybridized carbons (Fsp3) is 0.500. The number of allylic oxidation sites excluding steroid dienone is 1. The zero-order valence-corrected chi connectivity index (χ0v) is 15.1. The molecular formula is C20H27N5O. The third-order valence-corrected chi connectivity index (χ3v) is 5.29. The number of nitrogens with one attached hydrogen (secondary N) is 1. The average Bonchev–Trinajstić information content (AvgIpc) is 3.33. The summed E-state index contributed by atoms with van der Waals surface area (Å²) in [5.74, 6) is 0.701. The first kappa shape index (κ1) is 17.2. The largest absolute Gasteiger partial charge is 0.404 e. The van der Waals surface area contributed by atoms with E-state index in [0.29, 0.717) is 5.92 Å². The second-order valence-corrected chi connectivity index (χ2v) is 7.18. The monoisotopic (exact) mass is 353 g/mol. The number of hydrogen-bond donors (Lipinski definition) is 2. The highest BCUT2D eigenvalue weighted by Gasteiger charge is 2.16. The molecule has 2 saturated heterocycles. The Labute approximate surface area is 154 Å². The van der Waals surface area contributed by atoms with Crippen molar-refractivity contribution in [3.05, 3.63) is 36.4 Å². The van der Waals surface area contributed by atoms with Crippen molar-refractivity contribution in [2.24, 2.45) is 16.6 Å². The number of fused-ring (bicyclic) bond motifs is 1. The summed E-state index contributed by atoms with van der Waals surface area (Å²) in [6, 6.07) is 4.24. The standard InChI is InChI=1S/C20H27N5O/c21-10-17(12-24-20-3-1-2-8-26-20)18-9-16-5-7-25(19(16)13-23-18)14-15-4-6-22-11-15/h5,7,9-10,12-13,15,20,22H,1-4,6,8,11,14,21H2. The highest BCUT2D eigenvalue weighted by Crippen LogP contribution is 2.22. The number of rotatable bonds is 5. The maximum atomic E-state index is 5.83. The molecule has 0 amide bonds. The molecule has 26 heavy (non-hydrogen) atoms. The summed E-state index contributed by atoms with van der Waals surface area (Å²) < 4.78 is 7.96. The van der Waals surface area contributed by atoms with Crippen LogP contribution in [-0.2, 0) is 11.3 Å². The molecule has 4 rings (SSSR count). The van der Waals surface area contributed by atoms with Gasteiger partial charge in [0, 0.05) is 42.7 Å². The SMILES string of the molecule is NC=C(C=NC1CCCCO1)c1cc2ccn(CC3CCNC3)c2cn1. The number of hydrogen-bond acceptors (Lipinski definition) is 5. The van der Waals surface area contributed by atoms with Crippen LogP contribution in [0, 0.1) is 5.92 Å². The van der Waals surface area contributed by atoms with E-state index in [1.807, 2.05) is 6.20 Å². The zero-order chi connectivity index (χ0) is 17.8. The second-order valence-electron chi connectivity index (χ2n) is 7.18. The maximum absolute atomic E-state index is 5.83. The van der Waals surface area contributed by atoms with E-state index < -0.39 is 0 Å². The van der Waals surface area contributed by atoms with Crippen LogP contribution in [0.15, 0.2) is 35.7 Å². The van der Waals surface area contributed by atoms with E-state index in [9.17, 15) is 0 Å². The smallest absolute Gasteiger partial charge is 0.148 e. The van der Waals surface area contributed by atoms with E-state index in [4.69, 9.17) is 10.5 Å². The van der Waals surface area contributed by atoms with E-state index in [1.54, 1.807) is 12.4 Å². The summed E-state index contributed by atoms with van der Waals surface area (Å²) in [7, 11) is 0. The predicted octanol–water partition coefficient (Wildman–Crippen LogP) is 2.54. The number of nitrogens with zero attached hydrogens (tertiary/aromatic N) is 3. The van der Waals surface area contributed by atoms with Crippen LogP contribution in [0.2, 0.25) is 0 Å². The first-order valence-electron chi connectivity index (χ1n) is 9.56. The van der Waals surface area contributed by atoms with Crippen molar-refractivity contribution >= 4 is 22.7 Å². The lowest BCUT2D eigenvalue weighted by Gasteiger charge is -2.18. The lowest BCUT2D eigenvalue weighted by atomic mass is 10.1. The second kappa shape index (κ2) is 8.01. The molecule has 4 heterocycles. The van der Waals surface area contributed by atoms with Crippen LogP contribution in [0.25, 0.3) is 16.5 Å². The van der Waals surface area contributed by atoms with Crippen LogP contribution in [-0.4, -0.2) is 41.7 Å². The van der Waals surface area contributed by atoms with Gasteiger partial charge in [-0.15, -0.1) is 0 Å². The van der Waals surface area contributed by atoms with Crippen molar-refractivity contribution < 1.29 is 4.74 Å². The third kappa shape index (κ3) is 3.81. The van der Waals surface area contributed by atoms with E-state index in [-0.39, 0.29) is 6.23 Å². The average molecular weight is 353 g/mol. The zero-order valence-electron chi connectivity index (χ0n) is 15.1. The van der Waals surface area contributed by atoms with Crippen LogP contribution >= 0.6 is 0 Å². The van der Waals surface area contributed by atoms with Gasteiger partial charge in [-0.1, -0.05) is 0 Å². The summed E-state index contributed by atoms with van der Waals surface area (Å²) in [6.07, 6.45) is 11.9. The Morgan fingerprint density at radius 3 is 3.15 bits per heavy atom. The Hall–Kier alpha value is -2.18. The summed E-state index contributed by atoms with van der Waals surface area (Å²) in [4.78, 5) is 9.17. The van der Waals surface area contributed by atoms with Gasteiger partial charge in [0.25, 0.3) is 0 Å². The molecule has 6 nitrogen and oxygen atoms in total.